The third-order valence-electron chi connectivity index (χ3n) is 2.83. The lowest BCUT2D eigenvalue weighted by molar-refractivity contribution is 0.150. The van der Waals surface area contributed by atoms with Crippen LogP contribution in [0.15, 0.2) is 12.2 Å². The second-order valence-corrected chi connectivity index (χ2v) is 4.51. The first-order valence-electron chi connectivity index (χ1n) is 5.17. The van der Waals surface area contributed by atoms with Crippen molar-refractivity contribution in [3.05, 3.63) is 12.2 Å². The largest absolute Gasteiger partial charge is 0.309 e. The Morgan fingerprint density at radius 2 is 2.31 bits per heavy atom. The van der Waals surface area contributed by atoms with E-state index in [-0.39, 0.29) is 0 Å². The molecule has 2 heteroatoms. The summed E-state index contributed by atoms with van der Waals surface area (Å²) < 4.78 is 0. The van der Waals surface area contributed by atoms with Crippen molar-refractivity contribution in [1.82, 2.24) is 10.2 Å². The smallest absolute Gasteiger partial charge is 0.0278 e. The topological polar surface area (TPSA) is 15.3 Å². The Hall–Kier alpha value is -0.340. The van der Waals surface area contributed by atoms with Gasteiger partial charge in [-0.3, -0.25) is 4.90 Å². The van der Waals surface area contributed by atoms with Crippen LogP contribution in [-0.4, -0.2) is 36.6 Å². The van der Waals surface area contributed by atoms with Gasteiger partial charge in [-0.1, -0.05) is 19.1 Å². The Labute approximate surface area is 82.0 Å². The summed E-state index contributed by atoms with van der Waals surface area (Å²) in [5.74, 6) is 0. The number of piperazine rings is 1. The van der Waals surface area contributed by atoms with Gasteiger partial charge in [-0.05, 0) is 20.3 Å². The summed E-state index contributed by atoms with van der Waals surface area (Å²) in [6, 6.07) is 0. The van der Waals surface area contributed by atoms with E-state index in [1.807, 2.05) is 0 Å². The Kier molecular flexibility index (Phi) is 3.51. The van der Waals surface area contributed by atoms with Crippen LogP contribution in [0.2, 0.25) is 0 Å². The average molecular weight is 182 g/mol. The van der Waals surface area contributed by atoms with E-state index in [9.17, 15) is 0 Å². The highest BCUT2D eigenvalue weighted by atomic mass is 15.2. The summed E-state index contributed by atoms with van der Waals surface area (Å²) in [5, 5.41) is 3.58. The van der Waals surface area contributed by atoms with E-state index in [0.717, 1.165) is 26.2 Å². The quantitative estimate of drug-likeness (QED) is 0.667. The van der Waals surface area contributed by atoms with Crippen molar-refractivity contribution in [2.75, 3.05) is 26.2 Å². The highest BCUT2D eigenvalue weighted by Gasteiger charge is 2.28. The molecular weight excluding hydrogens is 160 g/mol. The van der Waals surface area contributed by atoms with Crippen LogP contribution < -0.4 is 5.32 Å². The van der Waals surface area contributed by atoms with E-state index < -0.39 is 0 Å². The van der Waals surface area contributed by atoms with Crippen molar-refractivity contribution < 1.29 is 0 Å². The summed E-state index contributed by atoms with van der Waals surface area (Å²) in [4.78, 5) is 2.49. The molecular formula is C11H22N2. The van der Waals surface area contributed by atoms with Crippen molar-refractivity contribution in [1.29, 1.82) is 0 Å². The van der Waals surface area contributed by atoms with Gasteiger partial charge in [0.05, 0.1) is 0 Å². The van der Waals surface area contributed by atoms with E-state index >= 15 is 0 Å². The van der Waals surface area contributed by atoms with Gasteiger partial charge in [0.1, 0.15) is 0 Å². The molecule has 1 rings (SSSR count). The molecule has 0 spiro atoms. The number of hydrogen-bond acceptors (Lipinski definition) is 2. The molecule has 1 fully saturated rings. The van der Waals surface area contributed by atoms with Gasteiger partial charge in [-0.2, -0.15) is 0 Å². The van der Waals surface area contributed by atoms with E-state index in [2.05, 4.69) is 37.6 Å². The SMILES string of the molecule is C=C(C)CN1CCNC(C)(CC)C1. The van der Waals surface area contributed by atoms with Crippen LogP contribution in [0.1, 0.15) is 27.2 Å². The fraction of sp³-hybridized carbons (Fsp3) is 0.818. The molecule has 1 atom stereocenters. The van der Waals surface area contributed by atoms with Gasteiger partial charge in [0.25, 0.3) is 0 Å². The Balaban J connectivity index is 2.46. The molecule has 1 aliphatic heterocycles. The normalized spacial score (nSPS) is 30.4. The zero-order chi connectivity index (χ0) is 9.90. The molecule has 1 aliphatic rings. The molecule has 0 aromatic carbocycles. The molecule has 13 heavy (non-hydrogen) atoms. The molecule has 76 valence electrons. The Morgan fingerprint density at radius 1 is 1.62 bits per heavy atom. The lowest BCUT2D eigenvalue weighted by Crippen LogP contribution is -2.58. The molecule has 0 saturated carbocycles. The maximum absolute atomic E-state index is 3.96. The van der Waals surface area contributed by atoms with Gasteiger partial charge in [0, 0.05) is 31.7 Å². The van der Waals surface area contributed by atoms with Crippen molar-refractivity contribution in [3.63, 3.8) is 0 Å². The zero-order valence-corrected chi connectivity index (χ0v) is 9.19. The average Bonchev–Trinajstić information content (AvgIpc) is 2.03. The van der Waals surface area contributed by atoms with E-state index in [0.29, 0.717) is 5.54 Å². The number of hydrogen-bond donors (Lipinski definition) is 1. The van der Waals surface area contributed by atoms with E-state index in [1.54, 1.807) is 0 Å². The molecule has 1 N–H and O–H groups in total. The third kappa shape index (κ3) is 3.12. The van der Waals surface area contributed by atoms with Crippen LogP contribution in [0.25, 0.3) is 0 Å². The lowest BCUT2D eigenvalue weighted by atomic mass is 9.96. The van der Waals surface area contributed by atoms with Crippen LogP contribution in [0.4, 0.5) is 0 Å². The third-order valence-corrected chi connectivity index (χ3v) is 2.83. The van der Waals surface area contributed by atoms with Gasteiger partial charge in [-0.25, -0.2) is 0 Å². The molecule has 1 saturated heterocycles. The summed E-state index contributed by atoms with van der Waals surface area (Å²) in [6.45, 7) is 15.1. The maximum Gasteiger partial charge on any atom is 0.0278 e. The van der Waals surface area contributed by atoms with Crippen LogP contribution in [0.5, 0.6) is 0 Å². The molecule has 0 aliphatic carbocycles. The van der Waals surface area contributed by atoms with Crippen molar-refractivity contribution >= 4 is 0 Å². The second-order valence-electron chi connectivity index (χ2n) is 4.51. The highest BCUT2D eigenvalue weighted by Crippen LogP contribution is 2.15. The predicted molar refractivity (Wildman–Crippen MR) is 58.0 cm³/mol. The minimum absolute atomic E-state index is 0.313. The fourth-order valence-electron chi connectivity index (χ4n) is 1.90. The maximum atomic E-state index is 3.96. The van der Waals surface area contributed by atoms with Gasteiger partial charge in [0.2, 0.25) is 0 Å². The number of nitrogens with zero attached hydrogens (tertiary/aromatic N) is 1. The summed E-state index contributed by atoms with van der Waals surface area (Å²) in [6.07, 6.45) is 1.19. The number of rotatable bonds is 3. The summed E-state index contributed by atoms with van der Waals surface area (Å²) in [7, 11) is 0. The minimum Gasteiger partial charge on any atom is -0.309 e. The van der Waals surface area contributed by atoms with Crippen molar-refractivity contribution in [3.8, 4) is 0 Å². The van der Waals surface area contributed by atoms with Gasteiger partial charge < -0.3 is 5.32 Å². The van der Waals surface area contributed by atoms with Gasteiger partial charge >= 0.3 is 0 Å². The second kappa shape index (κ2) is 4.25. The van der Waals surface area contributed by atoms with Crippen LogP contribution in [-0.2, 0) is 0 Å². The highest BCUT2D eigenvalue weighted by molar-refractivity contribution is 4.97. The summed E-state index contributed by atoms with van der Waals surface area (Å²) >= 11 is 0. The van der Waals surface area contributed by atoms with Crippen molar-refractivity contribution in [2.45, 2.75) is 32.7 Å². The molecule has 2 nitrogen and oxygen atoms in total. The zero-order valence-electron chi connectivity index (χ0n) is 9.19. The lowest BCUT2D eigenvalue weighted by Gasteiger charge is -2.41. The first-order chi connectivity index (χ1) is 6.06. The molecule has 0 aromatic rings. The van der Waals surface area contributed by atoms with Crippen LogP contribution in [0, 0.1) is 0 Å². The molecule has 1 unspecified atom stereocenters. The molecule has 0 amide bonds. The van der Waals surface area contributed by atoms with Crippen LogP contribution in [0.3, 0.4) is 0 Å². The minimum atomic E-state index is 0.313. The predicted octanol–water partition coefficient (Wildman–Crippen LogP) is 1.64. The van der Waals surface area contributed by atoms with E-state index in [1.165, 1.54) is 12.0 Å². The monoisotopic (exact) mass is 182 g/mol. The van der Waals surface area contributed by atoms with Crippen LogP contribution >= 0.6 is 0 Å². The molecule has 1 heterocycles. The molecule has 0 radical (unpaired) electrons. The van der Waals surface area contributed by atoms with Gasteiger partial charge in [-0.15, -0.1) is 0 Å². The summed E-state index contributed by atoms with van der Waals surface area (Å²) in [5.41, 5.74) is 1.58. The standard InChI is InChI=1S/C11H22N2/c1-5-11(4)9-13(7-6-12-11)8-10(2)3/h12H,2,5-9H2,1,3-4H3. The Morgan fingerprint density at radius 3 is 2.85 bits per heavy atom. The first-order valence-corrected chi connectivity index (χ1v) is 5.17. The molecule has 0 aromatic heterocycles. The van der Waals surface area contributed by atoms with Gasteiger partial charge in [0.15, 0.2) is 0 Å². The number of nitrogens with one attached hydrogen (secondary N) is 1. The first kappa shape index (κ1) is 10.7. The molecule has 0 bridgehead atoms. The Bertz CT molecular complexity index is 189. The fourth-order valence-corrected chi connectivity index (χ4v) is 1.90. The van der Waals surface area contributed by atoms with E-state index in [4.69, 9.17) is 0 Å². The van der Waals surface area contributed by atoms with Crippen molar-refractivity contribution in [2.24, 2.45) is 0 Å².